The maximum Gasteiger partial charge on any atom is 0.243 e. The number of nitrogens with zero attached hydrogens (tertiary/aromatic N) is 1. The normalized spacial score (nSPS) is 11.4. The molecule has 0 atom stereocenters. The topological polar surface area (TPSA) is 57.6 Å². The molecule has 0 amide bonds. The molecule has 0 radical (unpaired) electrons. The first-order valence-corrected chi connectivity index (χ1v) is 7.01. The highest BCUT2D eigenvalue weighted by Gasteiger charge is 2.22. The van der Waals surface area contributed by atoms with Gasteiger partial charge in [-0.25, -0.2) is 8.42 Å². The zero-order valence-electron chi connectivity index (χ0n) is 10.7. The van der Waals surface area contributed by atoms with Gasteiger partial charge in [-0.15, -0.1) is 0 Å². The first kappa shape index (κ1) is 14.7. The lowest BCUT2D eigenvalue weighted by Crippen LogP contribution is -2.33. The predicted octanol–water partition coefficient (Wildman–Crippen LogP) is 1.06. The van der Waals surface area contributed by atoms with Crippen molar-refractivity contribution in [1.29, 1.82) is 0 Å². The van der Waals surface area contributed by atoms with E-state index in [1.807, 2.05) is 13.8 Å². The Bertz CT molecular complexity index is 567. The van der Waals surface area contributed by atoms with Crippen LogP contribution in [0.25, 0.3) is 0 Å². The summed E-state index contributed by atoms with van der Waals surface area (Å²) in [7, 11) is -1.94. The number of aliphatic hydroxyl groups excluding tert-OH is 1. The molecule has 0 bridgehead atoms. The molecule has 0 fully saturated rings. The summed E-state index contributed by atoms with van der Waals surface area (Å²) in [5.41, 5.74) is 0.572. The quantitative estimate of drug-likeness (QED) is 0.833. The van der Waals surface area contributed by atoms with Crippen molar-refractivity contribution in [3.63, 3.8) is 0 Å². The Hall–Kier alpha value is -1.35. The minimum atomic E-state index is -3.48. The predicted molar refractivity (Wildman–Crippen MR) is 70.5 cm³/mol. The first-order valence-electron chi connectivity index (χ1n) is 5.57. The smallest absolute Gasteiger partial charge is 0.243 e. The molecule has 18 heavy (non-hydrogen) atoms. The van der Waals surface area contributed by atoms with Crippen LogP contribution in [-0.2, 0) is 10.0 Å². The molecule has 0 saturated carbocycles. The molecule has 1 N–H and O–H groups in total. The monoisotopic (exact) mass is 267 g/mol. The maximum absolute atomic E-state index is 12.2. The standard InChI is InChI=1S/C13H17NO3S/c1-11(2)14(3)18(16,17)13-8-4-6-12(10-13)7-5-9-15/h4,6,8,10-11,15H,9H2,1-3H3. The average Bonchev–Trinajstić information content (AvgIpc) is 2.35. The summed E-state index contributed by atoms with van der Waals surface area (Å²) in [6.45, 7) is 3.38. The summed E-state index contributed by atoms with van der Waals surface area (Å²) in [5.74, 6) is 5.18. The van der Waals surface area contributed by atoms with Crippen LogP contribution in [0.1, 0.15) is 19.4 Å². The van der Waals surface area contributed by atoms with E-state index in [2.05, 4.69) is 11.8 Å². The van der Waals surface area contributed by atoms with E-state index in [0.29, 0.717) is 5.56 Å². The van der Waals surface area contributed by atoms with Crippen molar-refractivity contribution in [2.24, 2.45) is 0 Å². The van der Waals surface area contributed by atoms with E-state index in [1.54, 1.807) is 25.2 Å². The highest BCUT2D eigenvalue weighted by molar-refractivity contribution is 7.89. The molecule has 0 aliphatic carbocycles. The Balaban J connectivity index is 3.18. The molecular formula is C13H17NO3S. The molecule has 0 saturated heterocycles. The van der Waals surface area contributed by atoms with Gasteiger partial charge < -0.3 is 5.11 Å². The molecule has 0 aliphatic rings. The van der Waals surface area contributed by atoms with Gasteiger partial charge in [-0.2, -0.15) is 4.31 Å². The zero-order valence-corrected chi connectivity index (χ0v) is 11.5. The van der Waals surface area contributed by atoms with E-state index in [-0.39, 0.29) is 17.5 Å². The SMILES string of the molecule is CC(C)N(C)S(=O)(=O)c1cccc(C#CCO)c1. The molecule has 98 valence electrons. The van der Waals surface area contributed by atoms with E-state index in [0.717, 1.165) is 0 Å². The molecular weight excluding hydrogens is 250 g/mol. The summed E-state index contributed by atoms with van der Waals surface area (Å²) in [5, 5.41) is 8.62. The molecule has 4 nitrogen and oxygen atoms in total. The lowest BCUT2D eigenvalue weighted by Gasteiger charge is -2.20. The third-order valence-corrected chi connectivity index (χ3v) is 4.58. The van der Waals surface area contributed by atoms with Crippen molar-refractivity contribution in [2.45, 2.75) is 24.8 Å². The Morgan fingerprint density at radius 3 is 2.61 bits per heavy atom. The van der Waals surface area contributed by atoms with Crippen LogP contribution in [0.3, 0.4) is 0 Å². The number of aliphatic hydroxyl groups is 1. The van der Waals surface area contributed by atoms with Crippen LogP contribution in [0.2, 0.25) is 0 Å². The molecule has 0 unspecified atom stereocenters. The Morgan fingerprint density at radius 1 is 1.39 bits per heavy atom. The van der Waals surface area contributed by atoms with Gasteiger partial charge in [0.05, 0.1) is 4.90 Å². The lowest BCUT2D eigenvalue weighted by atomic mass is 10.2. The van der Waals surface area contributed by atoms with E-state index in [4.69, 9.17) is 5.11 Å². The Labute approximate surface area is 108 Å². The van der Waals surface area contributed by atoms with Crippen molar-refractivity contribution in [3.8, 4) is 11.8 Å². The molecule has 1 rings (SSSR count). The fourth-order valence-electron chi connectivity index (χ4n) is 1.32. The highest BCUT2D eigenvalue weighted by Crippen LogP contribution is 2.17. The van der Waals surface area contributed by atoms with Gasteiger partial charge in [0.1, 0.15) is 6.61 Å². The number of hydrogen-bond acceptors (Lipinski definition) is 3. The number of benzene rings is 1. The van der Waals surface area contributed by atoms with Crippen LogP contribution in [0.4, 0.5) is 0 Å². The van der Waals surface area contributed by atoms with Crippen molar-refractivity contribution < 1.29 is 13.5 Å². The van der Waals surface area contributed by atoms with Gasteiger partial charge in [-0.3, -0.25) is 0 Å². The van der Waals surface area contributed by atoms with Crippen LogP contribution in [0.5, 0.6) is 0 Å². The van der Waals surface area contributed by atoms with Gasteiger partial charge in [-0.05, 0) is 32.0 Å². The van der Waals surface area contributed by atoms with Crippen molar-refractivity contribution >= 4 is 10.0 Å². The lowest BCUT2D eigenvalue weighted by molar-refractivity contribution is 0.350. The molecule has 1 aromatic carbocycles. The minimum absolute atomic E-state index is 0.109. The van der Waals surface area contributed by atoms with E-state index >= 15 is 0 Å². The highest BCUT2D eigenvalue weighted by atomic mass is 32.2. The van der Waals surface area contributed by atoms with Gasteiger partial charge in [0.2, 0.25) is 10.0 Å². The number of hydrogen-bond donors (Lipinski definition) is 1. The van der Waals surface area contributed by atoms with Gasteiger partial charge in [0.25, 0.3) is 0 Å². The second-order valence-electron chi connectivity index (χ2n) is 4.10. The fourth-order valence-corrected chi connectivity index (χ4v) is 2.73. The van der Waals surface area contributed by atoms with Crippen LogP contribution in [-0.4, -0.2) is 37.5 Å². The summed E-state index contributed by atoms with van der Waals surface area (Å²) >= 11 is 0. The summed E-state index contributed by atoms with van der Waals surface area (Å²) in [4.78, 5) is 0.212. The van der Waals surface area contributed by atoms with Crippen molar-refractivity contribution in [2.75, 3.05) is 13.7 Å². The van der Waals surface area contributed by atoms with Gasteiger partial charge >= 0.3 is 0 Å². The van der Waals surface area contributed by atoms with Crippen molar-refractivity contribution in [3.05, 3.63) is 29.8 Å². The Kier molecular flexibility index (Phi) is 4.91. The van der Waals surface area contributed by atoms with Gasteiger partial charge in [0, 0.05) is 18.7 Å². The first-order chi connectivity index (χ1) is 8.39. The molecule has 0 aromatic heterocycles. The summed E-state index contributed by atoms with van der Waals surface area (Å²) in [6, 6.07) is 6.29. The third-order valence-electron chi connectivity index (χ3n) is 2.55. The number of rotatable bonds is 3. The van der Waals surface area contributed by atoms with Gasteiger partial charge in [-0.1, -0.05) is 17.9 Å². The molecule has 0 heterocycles. The minimum Gasteiger partial charge on any atom is -0.384 e. The largest absolute Gasteiger partial charge is 0.384 e. The molecule has 1 aromatic rings. The van der Waals surface area contributed by atoms with E-state index in [9.17, 15) is 8.42 Å². The van der Waals surface area contributed by atoms with E-state index < -0.39 is 10.0 Å². The molecule has 0 spiro atoms. The fraction of sp³-hybridized carbons (Fsp3) is 0.385. The summed E-state index contributed by atoms with van der Waals surface area (Å²) in [6.07, 6.45) is 0. The van der Waals surface area contributed by atoms with Crippen LogP contribution in [0.15, 0.2) is 29.2 Å². The van der Waals surface area contributed by atoms with Crippen molar-refractivity contribution in [1.82, 2.24) is 4.31 Å². The second-order valence-corrected chi connectivity index (χ2v) is 6.10. The third kappa shape index (κ3) is 3.33. The van der Waals surface area contributed by atoms with Crippen LogP contribution in [0, 0.1) is 11.8 Å². The summed E-state index contributed by atoms with van der Waals surface area (Å²) < 4.78 is 25.8. The Morgan fingerprint density at radius 2 is 2.06 bits per heavy atom. The van der Waals surface area contributed by atoms with Crippen LogP contribution >= 0.6 is 0 Å². The average molecular weight is 267 g/mol. The van der Waals surface area contributed by atoms with Crippen LogP contribution < -0.4 is 0 Å². The second kappa shape index (κ2) is 6.01. The van der Waals surface area contributed by atoms with Gasteiger partial charge in [0.15, 0.2) is 0 Å². The maximum atomic E-state index is 12.2. The molecule has 0 aliphatic heterocycles. The number of sulfonamides is 1. The zero-order chi connectivity index (χ0) is 13.8. The van der Waals surface area contributed by atoms with E-state index in [1.165, 1.54) is 10.4 Å². The molecule has 5 heteroatoms.